The lowest BCUT2D eigenvalue weighted by molar-refractivity contribution is 0.586. The minimum absolute atomic E-state index is 0.189. The lowest BCUT2D eigenvalue weighted by Gasteiger charge is -2.18. The molecule has 0 saturated heterocycles. The van der Waals surface area contributed by atoms with Crippen molar-refractivity contribution >= 4 is 0 Å². The van der Waals surface area contributed by atoms with Gasteiger partial charge in [-0.25, -0.2) is 0 Å². The highest BCUT2D eigenvalue weighted by atomic mass is 14.7. The summed E-state index contributed by atoms with van der Waals surface area (Å²) in [6, 6.07) is 4.20. The second kappa shape index (κ2) is 3.88. The molecule has 2 N–H and O–H groups in total. The first-order valence-corrected chi connectivity index (χ1v) is 4.69. The van der Waals surface area contributed by atoms with Gasteiger partial charge in [-0.3, -0.25) is 4.98 Å². The Morgan fingerprint density at radius 2 is 2.00 bits per heavy atom. The van der Waals surface area contributed by atoms with Crippen molar-refractivity contribution in [2.75, 3.05) is 6.54 Å². The van der Waals surface area contributed by atoms with Gasteiger partial charge in [-0.1, -0.05) is 26.8 Å². The first kappa shape index (κ1) is 10.2. The molecule has 0 aliphatic rings. The molecule has 13 heavy (non-hydrogen) atoms. The Morgan fingerprint density at radius 3 is 2.38 bits per heavy atom. The molecule has 0 fully saturated rings. The lowest BCUT2D eigenvalue weighted by atomic mass is 9.88. The third kappa shape index (κ3) is 2.81. The number of pyridine rings is 1. The van der Waals surface area contributed by atoms with Crippen molar-refractivity contribution in [3.63, 3.8) is 0 Å². The van der Waals surface area contributed by atoms with Gasteiger partial charge in [0.15, 0.2) is 0 Å². The summed E-state index contributed by atoms with van der Waals surface area (Å²) in [5, 5.41) is 0. The van der Waals surface area contributed by atoms with Gasteiger partial charge in [0, 0.05) is 18.3 Å². The van der Waals surface area contributed by atoms with Crippen LogP contribution >= 0.6 is 0 Å². The first-order chi connectivity index (χ1) is 6.04. The number of nitrogens with zero attached hydrogens (tertiary/aromatic N) is 1. The number of aromatic nitrogens is 1. The molecule has 1 aromatic heterocycles. The highest BCUT2D eigenvalue weighted by molar-refractivity contribution is 5.21. The number of hydrogen-bond acceptors (Lipinski definition) is 2. The summed E-state index contributed by atoms with van der Waals surface area (Å²) in [4.78, 5) is 4.35. The van der Waals surface area contributed by atoms with Crippen LogP contribution in [-0.2, 0) is 11.8 Å². The van der Waals surface area contributed by atoms with E-state index in [0.717, 1.165) is 12.1 Å². The van der Waals surface area contributed by atoms with Crippen molar-refractivity contribution in [3.8, 4) is 0 Å². The Balaban J connectivity index is 2.81. The molecule has 0 bridgehead atoms. The highest BCUT2D eigenvalue weighted by Crippen LogP contribution is 2.20. The topological polar surface area (TPSA) is 38.9 Å². The van der Waals surface area contributed by atoms with E-state index >= 15 is 0 Å². The van der Waals surface area contributed by atoms with Crippen molar-refractivity contribution < 1.29 is 0 Å². The second-order valence-electron chi connectivity index (χ2n) is 4.33. The molecule has 0 aliphatic carbocycles. The van der Waals surface area contributed by atoms with Gasteiger partial charge in [-0.05, 0) is 23.6 Å². The highest BCUT2D eigenvalue weighted by Gasteiger charge is 2.13. The Morgan fingerprint density at radius 1 is 1.31 bits per heavy atom. The van der Waals surface area contributed by atoms with Crippen LogP contribution in [0.5, 0.6) is 0 Å². The van der Waals surface area contributed by atoms with E-state index in [0.29, 0.717) is 6.54 Å². The monoisotopic (exact) mass is 178 g/mol. The van der Waals surface area contributed by atoms with E-state index in [9.17, 15) is 0 Å². The van der Waals surface area contributed by atoms with Crippen LogP contribution < -0.4 is 5.73 Å². The van der Waals surface area contributed by atoms with Crippen LogP contribution in [0.2, 0.25) is 0 Å². The predicted octanol–water partition coefficient (Wildman–Crippen LogP) is 1.88. The van der Waals surface area contributed by atoms with Gasteiger partial charge in [0.25, 0.3) is 0 Å². The van der Waals surface area contributed by atoms with Gasteiger partial charge in [-0.15, -0.1) is 0 Å². The quantitative estimate of drug-likeness (QED) is 0.751. The van der Waals surface area contributed by atoms with Crippen molar-refractivity contribution in [2.45, 2.75) is 32.6 Å². The third-order valence-corrected chi connectivity index (χ3v) is 2.09. The number of rotatable bonds is 2. The molecule has 0 aliphatic heterocycles. The summed E-state index contributed by atoms with van der Waals surface area (Å²) in [5.74, 6) is 0. The third-order valence-electron chi connectivity index (χ3n) is 2.09. The summed E-state index contributed by atoms with van der Waals surface area (Å²) < 4.78 is 0. The molecule has 72 valence electrons. The average Bonchev–Trinajstić information content (AvgIpc) is 2.04. The van der Waals surface area contributed by atoms with Gasteiger partial charge in [0.2, 0.25) is 0 Å². The summed E-state index contributed by atoms with van der Waals surface area (Å²) in [6.07, 6.45) is 2.81. The molecule has 0 aromatic carbocycles. The molecule has 2 heteroatoms. The van der Waals surface area contributed by atoms with E-state index in [1.165, 1.54) is 5.56 Å². The van der Waals surface area contributed by atoms with Crippen LogP contribution in [0.15, 0.2) is 18.3 Å². The van der Waals surface area contributed by atoms with E-state index in [2.05, 4.69) is 37.9 Å². The Bertz CT molecular complexity index is 256. The minimum atomic E-state index is 0.189. The average molecular weight is 178 g/mol. The van der Waals surface area contributed by atoms with Gasteiger partial charge in [-0.2, -0.15) is 0 Å². The van der Waals surface area contributed by atoms with Gasteiger partial charge in [0.05, 0.1) is 0 Å². The summed E-state index contributed by atoms with van der Waals surface area (Å²) >= 11 is 0. The maximum Gasteiger partial charge on any atom is 0.0416 e. The maximum atomic E-state index is 5.44. The van der Waals surface area contributed by atoms with Crippen LogP contribution in [0.4, 0.5) is 0 Å². The zero-order valence-electron chi connectivity index (χ0n) is 8.67. The Labute approximate surface area is 80.2 Å². The molecule has 2 nitrogen and oxygen atoms in total. The zero-order valence-corrected chi connectivity index (χ0v) is 8.67. The fourth-order valence-electron chi connectivity index (χ4n) is 1.16. The number of nitrogens with two attached hydrogens (primary N) is 1. The van der Waals surface area contributed by atoms with Crippen LogP contribution in [-0.4, -0.2) is 11.5 Å². The van der Waals surface area contributed by atoms with E-state index in [-0.39, 0.29) is 5.41 Å². The number of hydrogen-bond donors (Lipinski definition) is 1. The van der Waals surface area contributed by atoms with E-state index in [4.69, 9.17) is 5.73 Å². The molecule has 0 spiro atoms. The molecule has 1 aromatic rings. The molecule has 1 rings (SSSR count). The SMILES string of the molecule is CC(C)(C)c1ccc(CCN)nc1. The minimum Gasteiger partial charge on any atom is -0.330 e. The van der Waals surface area contributed by atoms with Gasteiger partial charge < -0.3 is 5.73 Å². The standard InChI is InChI=1S/C11H18N2/c1-11(2,3)9-4-5-10(6-7-12)13-8-9/h4-5,8H,6-7,12H2,1-3H3. The smallest absolute Gasteiger partial charge is 0.0416 e. The summed E-state index contributed by atoms with van der Waals surface area (Å²) in [6.45, 7) is 7.23. The van der Waals surface area contributed by atoms with Crippen LogP contribution in [0.1, 0.15) is 32.0 Å². The molecule has 1 heterocycles. The molecule has 0 radical (unpaired) electrons. The fraction of sp³-hybridized carbons (Fsp3) is 0.545. The largest absolute Gasteiger partial charge is 0.330 e. The van der Waals surface area contributed by atoms with Crippen molar-refractivity contribution in [1.29, 1.82) is 0 Å². The fourth-order valence-corrected chi connectivity index (χ4v) is 1.16. The van der Waals surface area contributed by atoms with Gasteiger partial charge in [0.1, 0.15) is 0 Å². The van der Waals surface area contributed by atoms with Gasteiger partial charge >= 0.3 is 0 Å². The maximum absolute atomic E-state index is 5.44. The Kier molecular flexibility index (Phi) is 3.04. The van der Waals surface area contributed by atoms with E-state index in [1.807, 2.05) is 6.20 Å². The van der Waals surface area contributed by atoms with Crippen molar-refractivity contribution in [1.82, 2.24) is 4.98 Å². The predicted molar refractivity (Wildman–Crippen MR) is 55.7 cm³/mol. The van der Waals surface area contributed by atoms with E-state index in [1.54, 1.807) is 0 Å². The van der Waals surface area contributed by atoms with Crippen molar-refractivity contribution in [3.05, 3.63) is 29.6 Å². The molecule has 0 atom stereocenters. The van der Waals surface area contributed by atoms with Crippen LogP contribution in [0.25, 0.3) is 0 Å². The molecule has 0 saturated carbocycles. The van der Waals surface area contributed by atoms with Crippen LogP contribution in [0.3, 0.4) is 0 Å². The lowest BCUT2D eigenvalue weighted by Crippen LogP contribution is -2.12. The molecule has 0 unspecified atom stereocenters. The molecular weight excluding hydrogens is 160 g/mol. The van der Waals surface area contributed by atoms with E-state index < -0.39 is 0 Å². The zero-order chi connectivity index (χ0) is 9.90. The van der Waals surface area contributed by atoms with Crippen LogP contribution in [0, 0.1) is 0 Å². The first-order valence-electron chi connectivity index (χ1n) is 4.69. The molecular formula is C11H18N2. The molecule has 0 amide bonds. The normalized spacial score (nSPS) is 11.7. The van der Waals surface area contributed by atoms with Crippen molar-refractivity contribution in [2.24, 2.45) is 5.73 Å². The summed E-state index contributed by atoms with van der Waals surface area (Å²) in [5.41, 5.74) is 7.98. The Hall–Kier alpha value is -0.890. The second-order valence-corrected chi connectivity index (χ2v) is 4.33. The summed E-state index contributed by atoms with van der Waals surface area (Å²) in [7, 11) is 0.